The number of rotatable bonds is 5. The zero-order chi connectivity index (χ0) is 15.5. The summed E-state index contributed by atoms with van der Waals surface area (Å²) in [4.78, 5) is 2.31. The Morgan fingerprint density at radius 2 is 2.19 bits per heavy atom. The normalized spacial score (nSPS) is 26.8. The van der Waals surface area contributed by atoms with Crippen LogP contribution in [0.2, 0.25) is 0 Å². The lowest BCUT2D eigenvalue weighted by atomic mass is 9.66. The van der Waals surface area contributed by atoms with E-state index in [0.717, 1.165) is 25.1 Å². The molecule has 0 spiro atoms. The Kier molecular flexibility index (Phi) is 5.11. The van der Waals surface area contributed by atoms with Gasteiger partial charge < -0.3 is 4.42 Å². The Morgan fingerprint density at radius 3 is 2.76 bits per heavy atom. The fourth-order valence-corrected chi connectivity index (χ4v) is 3.55. The van der Waals surface area contributed by atoms with Gasteiger partial charge in [-0.1, -0.05) is 27.2 Å². The van der Waals surface area contributed by atoms with Crippen molar-refractivity contribution in [3.05, 3.63) is 24.2 Å². The number of nitrogens with zero attached hydrogens (tertiary/aromatic N) is 2. The average molecular weight is 288 g/mol. The van der Waals surface area contributed by atoms with E-state index in [1.54, 1.807) is 6.26 Å². The van der Waals surface area contributed by atoms with Gasteiger partial charge in [-0.25, -0.2) is 0 Å². The van der Waals surface area contributed by atoms with Crippen LogP contribution < -0.4 is 0 Å². The highest BCUT2D eigenvalue weighted by molar-refractivity contribution is 5.02. The maximum Gasteiger partial charge on any atom is 0.117 e. The lowest BCUT2D eigenvalue weighted by Gasteiger charge is -2.44. The number of nitriles is 1. The average Bonchev–Trinajstić information content (AvgIpc) is 2.99. The predicted molar refractivity (Wildman–Crippen MR) is 84.5 cm³/mol. The molecule has 3 unspecified atom stereocenters. The third kappa shape index (κ3) is 3.68. The highest BCUT2D eigenvalue weighted by Gasteiger charge is 2.38. The van der Waals surface area contributed by atoms with Gasteiger partial charge >= 0.3 is 0 Å². The van der Waals surface area contributed by atoms with Crippen LogP contribution in [-0.4, -0.2) is 18.0 Å². The third-order valence-electron chi connectivity index (χ3n) is 5.55. The van der Waals surface area contributed by atoms with E-state index in [0.29, 0.717) is 17.4 Å². The molecule has 1 aliphatic carbocycles. The Morgan fingerprint density at radius 1 is 1.43 bits per heavy atom. The quantitative estimate of drug-likeness (QED) is 0.803. The molecule has 0 aliphatic heterocycles. The molecule has 1 saturated carbocycles. The second-order valence-electron chi connectivity index (χ2n) is 7.15. The van der Waals surface area contributed by atoms with Crippen molar-refractivity contribution < 1.29 is 4.42 Å². The zero-order valence-corrected chi connectivity index (χ0v) is 13.8. The first kappa shape index (κ1) is 16.1. The summed E-state index contributed by atoms with van der Waals surface area (Å²) in [5, 5.41) is 9.48. The number of hydrogen-bond acceptors (Lipinski definition) is 3. The van der Waals surface area contributed by atoms with Gasteiger partial charge in [0.15, 0.2) is 0 Å². The lowest BCUT2D eigenvalue weighted by Crippen LogP contribution is -2.44. The maximum absolute atomic E-state index is 9.48. The van der Waals surface area contributed by atoms with Gasteiger partial charge in [0.1, 0.15) is 5.76 Å². The minimum atomic E-state index is 0.147. The molecule has 1 fully saturated rings. The Bertz CT molecular complexity index is 472. The fourth-order valence-electron chi connectivity index (χ4n) is 3.55. The molecule has 1 aliphatic rings. The third-order valence-corrected chi connectivity index (χ3v) is 5.55. The van der Waals surface area contributed by atoms with Crippen LogP contribution in [0.25, 0.3) is 0 Å². The molecule has 2 rings (SSSR count). The molecule has 0 N–H and O–H groups in total. The molecule has 21 heavy (non-hydrogen) atoms. The van der Waals surface area contributed by atoms with E-state index in [9.17, 15) is 5.26 Å². The molecule has 1 aromatic rings. The number of furan rings is 1. The van der Waals surface area contributed by atoms with E-state index in [2.05, 4.69) is 38.8 Å². The first-order valence-corrected chi connectivity index (χ1v) is 8.10. The van der Waals surface area contributed by atoms with Crippen molar-refractivity contribution in [3.8, 4) is 6.07 Å². The van der Waals surface area contributed by atoms with Gasteiger partial charge in [-0.15, -0.1) is 0 Å². The Balaban J connectivity index is 2.08. The van der Waals surface area contributed by atoms with Gasteiger partial charge in [-0.2, -0.15) is 5.26 Å². The van der Waals surface area contributed by atoms with E-state index >= 15 is 0 Å². The minimum absolute atomic E-state index is 0.147. The zero-order valence-electron chi connectivity index (χ0n) is 13.8. The van der Waals surface area contributed by atoms with Crippen molar-refractivity contribution in [1.82, 2.24) is 4.90 Å². The summed E-state index contributed by atoms with van der Waals surface area (Å²) < 4.78 is 5.45. The van der Waals surface area contributed by atoms with E-state index in [1.165, 1.54) is 12.8 Å². The molecule has 0 aromatic carbocycles. The molecule has 116 valence electrons. The highest BCUT2D eigenvalue weighted by Crippen LogP contribution is 2.43. The van der Waals surface area contributed by atoms with Crippen LogP contribution in [0.15, 0.2) is 22.8 Å². The van der Waals surface area contributed by atoms with E-state index in [4.69, 9.17) is 4.42 Å². The van der Waals surface area contributed by atoms with Crippen molar-refractivity contribution in [2.75, 3.05) is 7.05 Å². The summed E-state index contributed by atoms with van der Waals surface area (Å²) in [5.74, 6) is 1.83. The van der Waals surface area contributed by atoms with Gasteiger partial charge in [0.2, 0.25) is 0 Å². The second-order valence-corrected chi connectivity index (χ2v) is 7.15. The summed E-state index contributed by atoms with van der Waals surface area (Å²) in [6.07, 6.45) is 6.25. The summed E-state index contributed by atoms with van der Waals surface area (Å²) in [6.45, 7) is 7.80. The molecule has 3 heteroatoms. The van der Waals surface area contributed by atoms with Crippen LogP contribution in [0, 0.1) is 28.6 Å². The van der Waals surface area contributed by atoms with Crippen LogP contribution in [0.4, 0.5) is 0 Å². The first-order chi connectivity index (χ1) is 9.97. The fraction of sp³-hybridized carbons (Fsp3) is 0.722. The summed E-state index contributed by atoms with van der Waals surface area (Å²) in [7, 11) is 2.12. The minimum Gasteiger partial charge on any atom is -0.468 e. The lowest BCUT2D eigenvalue weighted by molar-refractivity contribution is 0.0583. The van der Waals surface area contributed by atoms with E-state index < -0.39 is 0 Å². The second kappa shape index (κ2) is 6.66. The van der Waals surface area contributed by atoms with Gasteiger partial charge in [-0.3, -0.25) is 4.90 Å². The topological polar surface area (TPSA) is 40.2 Å². The van der Waals surface area contributed by atoms with E-state index in [-0.39, 0.29) is 5.92 Å². The van der Waals surface area contributed by atoms with Gasteiger partial charge in [0.25, 0.3) is 0 Å². The van der Waals surface area contributed by atoms with Crippen LogP contribution in [-0.2, 0) is 6.54 Å². The molecule has 3 atom stereocenters. The van der Waals surface area contributed by atoms with Gasteiger partial charge in [0.05, 0.1) is 24.8 Å². The Hall–Kier alpha value is -1.27. The van der Waals surface area contributed by atoms with Crippen LogP contribution in [0.3, 0.4) is 0 Å². The van der Waals surface area contributed by atoms with Crippen LogP contribution >= 0.6 is 0 Å². The van der Waals surface area contributed by atoms with Crippen molar-refractivity contribution in [1.29, 1.82) is 5.26 Å². The molecule has 1 heterocycles. The van der Waals surface area contributed by atoms with Gasteiger partial charge in [0, 0.05) is 6.04 Å². The SMILES string of the molecule is CCC(C)(C)C1CCC(C#N)C(N(C)Cc2ccco2)C1. The van der Waals surface area contributed by atoms with Crippen molar-refractivity contribution in [2.45, 2.75) is 59.0 Å². The van der Waals surface area contributed by atoms with E-state index in [1.807, 2.05) is 12.1 Å². The Labute approximate surface area is 128 Å². The van der Waals surface area contributed by atoms with Crippen LogP contribution in [0.1, 0.15) is 52.2 Å². The molecule has 0 bridgehead atoms. The molecule has 0 saturated heterocycles. The first-order valence-electron chi connectivity index (χ1n) is 8.10. The molecule has 0 radical (unpaired) electrons. The molecule has 0 amide bonds. The summed E-state index contributed by atoms with van der Waals surface area (Å²) in [6, 6.07) is 6.80. The monoisotopic (exact) mass is 288 g/mol. The smallest absolute Gasteiger partial charge is 0.117 e. The van der Waals surface area contributed by atoms with Crippen molar-refractivity contribution >= 4 is 0 Å². The van der Waals surface area contributed by atoms with Crippen molar-refractivity contribution in [2.24, 2.45) is 17.3 Å². The van der Waals surface area contributed by atoms with Crippen molar-refractivity contribution in [3.63, 3.8) is 0 Å². The van der Waals surface area contributed by atoms with Gasteiger partial charge in [-0.05, 0) is 49.8 Å². The summed E-state index contributed by atoms with van der Waals surface area (Å²) in [5.41, 5.74) is 0.365. The highest BCUT2D eigenvalue weighted by atomic mass is 16.3. The molecule has 3 nitrogen and oxygen atoms in total. The predicted octanol–water partition coefficient (Wildman–Crippen LogP) is 4.46. The number of hydrogen-bond donors (Lipinski definition) is 0. The molecule has 1 aromatic heterocycles. The molecular weight excluding hydrogens is 260 g/mol. The molecular formula is C18H28N2O. The largest absolute Gasteiger partial charge is 0.468 e. The van der Waals surface area contributed by atoms with Crippen LogP contribution in [0.5, 0.6) is 0 Å². The standard InChI is InChI=1S/C18H28N2O/c1-5-18(2,3)15-9-8-14(12-19)17(11-15)20(4)13-16-7-6-10-21-16/h6-7,10,14-15,17H,5,8-9,11,13H2,1-4H3. The maximum atomic E-state index is 9.48. The summed E-state index contributed by atoms with van der Waals surface area (Å²) >= 11 is 0.